The van der Waals surface area contributed by atoms with Crippen LogP contribution in [0, 0.1) is 5.92 Å². The number of hydrogen-bond acceptors (Lipinski definition) is 2. The second-order valence-corrected chi connectivity index (χ2v) is 4.84. The minimum absolute atomic E-state index is 0.100. The Morgan fingerprint density at radius 2 is 1.82 bits per heavy atom. The summed E-state index contributed by atoms with van der Waals surface area (Å²) in [5.74, 6) is -0.755. The molecule has 0 spiro atoms. The molecule has 17 heavy (non-hydrogen) atoms. The fraction of sp³-hybridized carbons (Fsp3) is 0.833. The van der Waals surface area contributed by atoms with E-state index < -0.39 is 12.0 Å². The number of carbonyl (C=O) groups excluding carboxylic acids is 1. The minimum atomic E-state index is -0.982. The van der Waals surface area contributed by atoms with Gasteiger partial charge >= 0.3 is 12.0 Å². The highest BCUT2D eigenvalue weighted by molar-refractivity contribution is 5.82. The van der Waals surface area contributed by atoms with Crippen LogP contribution in [0.25, 0.3) is 0 Å². The third-order valence-electron chi connectivity index (χ3n) is 2.88. The number of carboxylic acids is 1. The molecule has 0 aromatic rings. The molecule has 0 aromatic heterocycles. The number of carbonyl (C=O) groups is 2. The molecule has 5 nitrogen and oxygen atoms in total. The highest BCUT2D eigenvalue weighted by Crippen LogP contribution is 2.07. The number of amides is 2. The summed E-state index contributed by atoms with van der Waals surface area (Å²) in [6.45, 7) is 7.77. The van der Waals surface area contributed by atoms with Crippen LogP contribution in [0.15, 0.2) is 0 Å². The van der Waals surface area contributed by atoms with Crippen LogP contribution in [0.2, 0.25) is 0 Å². The Bertz CT molecular complexity index is 266. The SMILES string of the molecule is CCC(C)N(C)C(=O)N[C@@H](CC(C)C)C(=O)O. The molecule has 0 aromatic carbocycles. The molecular formula is C12H24N2O3. The summed E-state index contributed by atoms with van der Waals surface area (Å²) in [7, 11) is 1.68. The van der Waals surface area contributed by atoms with Gasteiger partial charge in [-0.3, -0.25) is 0 Å². The van der Waals surface area contributed by atoms with Crippen molar-refractivity contribution in [1.82, 2.24) is 10.2 Å². The highest BCUT2D eigenvalue weighted by atomic mass is 16.4. The van der Waals surface area contributed by atoms with Crippen molar-refractivity contribution in [3.05, 3.63) is 0 Å². The molecule has 0 saturated heterocycles. The second kappa shape index (κ2) is 7.14. The maximum Gasteiger partial charge on any atom is 0.326 e. The van der Waals surface area contributed by atoms with Crippen molar-refractivity contribution < 1.29 is 14.7 Å². The third-order valence-corrected chi connectivity index (χ3v) is 2.88. The van der Waals surface area contributed by atoms with Gasteiger partial charge in [0.15, 0.2) is 0 Å². The molecule has 2 amide bonds. The number of urea groups is 1. The summed E-state index contributed by atoms with van der Waals surface area (Å²) < 4.78 is 0. The fourth-order valence-electron chi connectivity index (χ4n) is 1.42. The summed E-state index contributed by atoms with van der Waals surface area (Å²) in [5, 5.41) is 11.6. The molecule has 0 aliphatic heterocycles. The Labute approximate surface area is 103 Å². The van der Waals surface area contributed by atoms with Crippen LogP contribution in [0.1, 0.15) is 40.5 Å². The summed E-state index contributed by atoms with van der Waals surface area (Å²) in [6.07, 6.45) is 1.28. The lowest BCUT2D eigenvalue weighted by Gasteiger charge is -2.26. The summed E-state index contributed by atoms with van der Waals surface area (Å²) in [5.41, 5.74) is 0. The molecular weight excluding hydrogens is 220 g/mol. The van der Waals surface area contributed by atoms with Crippen molar-refractivity contribution in [1.29, 1.82) is 0 Å². The van der Waals surface area contributed by atoms with Crippen LogP contribution in [-0.4, -0.2) is 41.1 Å². The molecule has 100 valence electrons. The molecule has 2 atom stereocenters. The van der Waals surface area contributed by atoms with Crippen LogP contribution in [0.3, 0.4) is 0 Å². The molecule has 0 bridgehead atoms. The maximum atomic E-state index is 11.8. The van der Waals surface area contributed by atoms with Crippen LogP contribution < -0.4 is 5.32 Å². The van der Waals surface area contributed by atoms with Crippen molar-refractivity contribution in [2.24, 2.45) is 5.92 Å². The second-order valence-electron chi connectivity index (χ2n) is 4.84. The number of nitrogens with one attached hydrogen (secondary N) is 1. The van der Waals surface area contributed by atoms with Crippen LogP contribution in [-0.2, 0) is 4.79 Å². The Kier molecular flexibility index (Phi) is 6.61. The maximum absolute atomic E-state index is 11.8. The van der Waals surface area contributed by atoms with Crippen LogP contribution >= 0.6 is 0 Å². The van der Waals surface area contributed by atoms with E-state index in [0.29, 0.717) is 6.42 Å². The van der Waals surface area contributed by atoms with Crippen molar-refractivity contribution in [2.75, 3.05) is 7.05 Å². The summed E-state index contributed by atoms with van der Waals surface area (Å²) in [4.78, 5) is 24.3. The topological polar surface area (TPSA) is 69.6 Å². The highest BCUT2D eigenvalue weighted by Gasteiger charge is 2.23. The van der Waals surface area contributed by atoms with Gasteiger partial charge in [-0.15, -0.1) is 0 Å². The predicted octanol–water partition coefficient (Wildman–Crippen LogP) is 1.93. The minimum Gasteiger partial charge on any atom is -0.480 e. The lowest BCUT2D eigenvalue weighted by atomic mass is 10.0. The van der Waals surface area contributed by atoms with E-state index in [2.05, 4.69) is 5.32 Å². The molecule has 2 N–H and O–H groups in total. The smallest absolute Gasteiger partial charge is 0.326 e. The molecule has 0 aliphatic carbocycles. The average molecular weight is 244 g/mol. The molecule has 1 unspecified atom stereocenters. The van der Waals surface area contributed by atoms with Gasteiger partial charge in [-0.05, 0) is 25.7 Å². The van der Waals surface area contributed by atoms with E-state index in [-0.39, 0.29) is 18.0 Å². The largest absolute Gasteiger partial charge is 0.480 e. The monoisotopic (exact) mass is 244 g/mol. The van der Waals surface area contributed by atoms with Gasteiger partial charge in [-0.2, -0.15) is 0 Å². The van der Waals surface area contributed by atoms with Gasteiger partial charge in [0.05, 0.1) is 0 Å². The van der Waals surface area contributed by atoms with Gasteiger partial charge in [0.2, 0.25) is 0 Å². The first-order valence-electron chi connectivity index (χ1n) is 6.05. The fourth-order valence-corrected chi connectivity index (χ4v) is 1.42. The standard InChI is InChI=1S/C12H24N2O3/c1-6-9(4)14(5)12(17)13-10(11(15)16)7-8(2)3/h8-10H,6-7H2,1-5H3,(H,13,17)(H,15,16)/t9?,10-/m0/s1. The Hall–Kier alpha value is -1.26. The number of aliphatic carboxylic acids is 1. The molecule has 5 heteroatoms. The zero-order valence-corrected chi connectivity index (χ0v) is 11.4. The van der Waals surface area contributed by atoms with E-state index in [1.807, 2.05) is 27.7 Å². The molecule has 0 rings (SSSR count). The van der Waals surface area contributed by atoms with Gasteiger partial charge < -0.3 is 15.3 Å². The van der Waals surface area contributed by atoms with Gasteiger partial charge in [0.1, 0.15) is 6.04 Å². The molecule has 0 aliphatic rings. The molecule has 0 fully saturated rings. The molecule has 0 heterocycles. The lowest BCUT2D eigenvalue weighted by molar-refractivity contribution is -0.139. The van der Waals surface area contributed by atoms with Crippen molar-refractivity contribution >= 4 is 12.0 Å². The Morgan fingerprint density at radius 3 is 2.18 bits per heavy atom. The normalized spacial score (nSPS) is 14.2. The zero-order chi connectivity index (χ0) is 13.6. The van der Waals surface area contributed by atoms with E-state index in [1.165, 1.54) is 4.90 Å². The quantitative estimate of drug-likeness (QED) is 0.750. The van der Waals surface area contributed by atoms with Crippen molar-refractivity contribution in [3.63, 3.8) is 0 Å². The van der Waals surface area contributed by atoms with E-state index in [1.54, 1.807) is 7.05 Å². The number of nitrogens with zero attached hydrogens (tertiary/aromatic N) is 1. The summed E-state index contributed by atoms with van der Waals surface area (Å²) in [6, 6.07) is -1.04. The first-order valence-corrected chi connectivity index (χ1v) is 6.05. The summed E-state index contributed by atoms with van der Waals surface area (Å²) >= 11 is 0. The first-order chi connectivity index (χ1) is 7.79. The zero-order valence-electron chi connectivity index (χ0n) is 11.4. The average Bonchev–Trinajstić information content (AvgIpc) is 2.25. The van der Waals surface area contributed by atoms with Gasteiger partial charge in [-0.25, -0.2) is 9.59 Å². The number of hydrogen-bond donors (Lipinski definition) is 2. The molecule has 0 saturated carbocycles. The van der Waals surface area contributed by atoms with E-state index in [4.69, 9.17) is 5.11 Å². The predicted molar refractivity (Wildman–Crippen MR) is 66.9 cm³/mol. The number of carboxylic acid groups (broad SMARTS) is 1. The van der Waals surface area contributed by atoms with E-state index >= 15 is 0 Å². The van der Waals surface area contributed by atoms with Gasteiger partial charge in [0, 0.05) is 13.1 Å². The van der Waals surface area contributed by atoms with Crippen molar-refractivity contribution in [3.8, 4) is 0 Å². The Morgan fingerprint density at radius 1 is 1.29 bits per heavy atom. The number of rotatable bonds is 6. The van der Waals surface area contributed by atoms with E-state index in [9.17, 15) is 9.59 Å². The van der Waals surface area contributed by atoms with Gasteiger partial charge in [0.25, 0.3) is 0 Å². The first kappa shape index (κ1) is 15.7. The van der Waals surface area contributed by atoms with Crippen LogP contribution in [0.4, 0.5) is 4.79 Å². The Balaban J connectivity index is 4.45. The lowest BCUT2D eigenvalue weighted by Crippen LogP contribution is -2.49. The van der Waals surface area contributed by atoms with E-state index in [0.717, 1.165) is 6.42 Å². The van der Waals surface area contributed by atoms with Crippen LogP contribution in [0.5, 0.6) is 0 Å². The van der Waals surface area contributed by atoms with Gasteiger partial charge in [-0.1, -0.05) is 20.8 Å². The third kappa shape index (κ3) is 5.56. The molecule has 0 radical (unpaired) electrons. The van der Waals surface area contributed by atoms with Crippen molar-refractivity contribution in [2.45, 2.75) is 52.6 Å².